The van der Waals surface area contributed by atoms with E-state index in [0.29, 0.717) is 23.6 Å². The smallest absolute Gasteiger partial charge is 0.255 e. The average Bonchev–Trinajstić information content (AvgIpc) is 2.52. The fourth-order valence-corrected chi connectivity index (χ4v) is 2.81. The van der Waals surface area contributed by atoms with Crippen LogP contribution in [0.2, 0.25) is 5.02 Å². The Hall–Kier alpha value is -1.66. The highest BCUT2D eigenvalue weighted by atomic mass is 35.5. The third-order valence-corrected chi connectivity index (χ3v) is 4.16. The summed E-state index contributed by atoms with van der Waals surface area (Å²) in [5.74, 6) is 0.180. The van der Waals surface area contributed by atoms with Crippen LogP contribution in [-0.4, -0.2) is 28.4 Å². The van der Waals surface area contributed by atoms with Crippen LogP contribution in [0.4, 0.5) is 0 Å². The van der Waals surface area contributed by atoms with Gasteiger partial charge >= 0.3 is 0 Å². The average molecular weight is 341 g/mol. The molecule has 0 spiro atoms. The van der Waals surface area contributed by atoms with Crippen molar-refractivity contribution in [3.8, 4) is 11.5 Å². The molecule has 1 heterocycles. The predicted molar refractivity (Wildman–Crippen MR) is 88.5 cm³/mol. The number of aryl methyl sites for hydroxylation is 1. The van der Waals surface area contributed by atoms with Crippen LogP contribution in [0.15, 0.2) is 22.1 Å². The van der Waals surface area contributed by atoms with Crippen LogP contribution in [0.5, 0.6) is 11.5 Å². The summed E-state index contributed by atoms with van der Waals surface area (Å²) in [4.78, 5) is 19.5. The van der Waals surface area contributed by atoms with Crippen LogP contribution in [0, 0.1) is 0 Å². The molecule has 5 nitrogen and oxygen atoms in total. The molecule has 0 atom stereocenters. The monoisotopic (exact) mass is 340 g/mol. The van der Waals surface area contributed by atoms with Crippen molar-refractivity contribution in [2.24, 2.45) is 0 Å². The van der Waals surface area contributed by atoms with E-state index < -0.39 is 0 Å². The number of nitrogens with zero attached hydrogens (tertiary/aromatic N) is 1. The topological polar surface area (TPSA) is 75.2 Å². The van der Waals surface area contributed by atoms with Gasteiger partial charge in [0, 0.05) is 12.0 Å². The van der Waals surface area contributed by atoms with Crippen LogP contribution in [0.3, 0.4) is 0 Å². The number of rotatable bonds is 5. The number of ether oxygens (including phenoxy) is 1. The summed E-state index contributed by atoms with van der Waals surface area (Å²) in [5.41, 5.74) is 1.98. The molecule has 7 heteroatoms. The lowest BCUT2D eigenvalue weighted by atomic mass is 10.0. The van der Waals surface area contributed by atoms with E-state index in [2.05, 4.69) is 9.97 Å². The Balaban J connectivity index is 2.47. The summed E-state index contributed by atoms with van der Waals surface area (Å²) in [6.07, 6.45) is 2.90. The highest BCUT2D eigenvalue weighted by Gasteiger charge is 2.14. The number of phenolic OH excluding ortho intramolecular Hbond substituents is 1. The van der Waals surface area contributed by atoms with Crippen LogP contribution >= 0.6 is 23.4 Å². The number of H-pyrrole nitrogens is 1. The zero-order valence-corrected chi connectivity index (χ0v) is 14.1. The molecule has 0 aliphatic rings. The van der Waals surface area contributed by atoms with Crippen LogP contribution in [-0.2, 0) is 12.8 Å². The molecular formula is C15H17ClN2O3S. The number of hydrogen-bond acceptors (Lipinski definition) is 5. The molecule has 0 aliphatic carbocycles. The first-order valence-corrected chi connectivity index (χ1v) is 8.31. The quantitative estimate of drug-likeness (QED) is 0.646. The third-order valence-electron chi connectivity index (χ3n) is 3.30. The first-order valence-electron chi connectivity index (χ1n) is 6.71. The summed E-state index contributed by atoms with van der Waals surface area (Å²) in [7, 11) is 1.45. The number of thioether (sulfide) groups is 1. The van der Waals surface area contributed by atoms with Gasteiger partial charge in [0.2, 0.25) is 0 Å². The van der Waals surface area contributed by atoms with E-state index in [9.17, 15) is 9.90 Å². The van der Waals surface area contributed by atoms with E-state index in [-0.39, 0.29) is 22.1 Å². The number of aromatic amines is 1. The maximum absolute atomic E-state index is 12.3. The van der Waals surface area contributed by atoms with Gasteiger partial charge in [-0.3, -0.25) is 4.79 Å². The lowest BCUT2D eigenvalue weighted by Gasteiger charge is -2.11. The van der Waals surface area contributed by atoms with Crippen molar-refractivity contribution in [3.05, 3.63) is 44.3 Å². The van der Waals surface area contributed by atoms with Gasteiger partial charge < -0.3 is 14.8 Å². The van der Waals surface area contributed by atoms with E-state index in [4.69, 9.17) is 16.3 Å². The molecule has 2 aromatic rings. The normalized spacial score (nSPS) is 10.7. The molecule has 1 aromatic carbocycles. The Kier molecular flexibility index (Phi) is 5.37. The molecule has 22 heavy (non-hydrogen) atoms. The van der Waals surface area contributed by atoms with Gasteiger partial charge in [-0.05, 0) is 30.4 Å². The van der Waals surface area contributed by atoms with Crippen LogP contribution in [0.25, 0.3) is 0 Å². The second-order valence-corrected chi connectivity index (χ2v) is 5.86. The van der Waals surface area contributed by atoms with Crippen molar-refractivity contribution in [3.63, 3.8) is 0 Å². The Labute approximate surface area is 137 Å². The Morgan fingerprint density at radius 1 is 1.45 bits per heavy atom. The number of aromatic nitrogens is 2. The maximum Gasteiger partial charge on any atom is 0.255 e. The van der Waals surface area contributed by atoms with Crippen molar-refractivity contribution >= 4 is 23.4 Å². The molecule has 118 valence electrons. The molecule has 0 aliphatic heterocycles. The minimum absolute atomic E-state index is 0.103. The van der Waals surface area contributed by atoms with Crippen molar-refractivity contribution < 1.29 is 9.84 Å². The molecule has 0 saturated carbocycles. The molecule has 0 fully saturated rings. The van der Waals surface area contributed by atoms with Crippen molar-refractivity contribution in [2.75, 3.05) is 13.4 Å². The molecule has 0 bridgehead atoms. The summed E-state index contributed by atoms with van der Waals surface area (Å²) in [6, 6.07) is 3.29. The first kappa shape index (κ1) is 16.7. The SMILES string of the molecule is CCc1nc(SC)[nH]c(=O)c1Cc1cc(Cl)c(O)c(OC)c1. The highest BCUT2D eigenvalue weighted by molar-refractivity contribution is 7.98. The highest BCUT2D eigenvalue weighted by Crippen LogP contribution is 2.35. The minimum Gasteiger partial charge on any atom is -0.503 e. The number of aromatic hydroxyl groups is 1. The first-order chi connectivity index (χ1) is 10.5. The number of nitrogens with one attached hydrogen (secondary N) is 1. The summed E-state index contributed by atoms with van der Waals surface area (Å²) in [6.45, 7) is 1.96. The molecule has 0 radical (unpaired) electrons. The van der Waals surface area contributed by atoms with E-state index in [1.165, 1.54) is 18.9 Å². The second-order valence-electron chi connectivity index (χ2n) is 4.66. The van der Waals surface area contributed by atoms with Gasteiger partial charge in [-0.1, -0.05) is 30.3 Å². The summed E-state index contributed by atoms with van der Waals surface area (Å²) >= 11 is 7.39. The molecule has 1 aromatic heterocycles. The number of methoxy groups -OCH3 is 1. The maximum atomic E-state index is 12.3. The summed E-state index contributed by atoms with van der Waals surface area (Å²) < 4.78 is 5.09. The van der Waals surface area contributed by atoms with Crippen molar-refractivity contribution in [1.29, 1.82) is 0 Å². The largest absolute Gasteiger partial charge is 0.503 e. The van der Waals surface area contributed by atoms with Crippen molar-refractivity contribution in [1.82, 2.24) is 9.97 Å². The van der Waals surface area contributed by atoms with E-state index in [1.54, 1.807) is 12.1 Å². The Morgan fingerprint density at radius 2 is 2.18 bits per heavy atom. The van der Waals surface area contributed by atoms with Gasteiger partial charge in [-0.15, -0.1) is 0 Å². The molecule has 0 unspecified atom stereocenters. The molecule has 0 amide bonds. The Morgan fingerprint density at radius 3 is 2.77 bits per heavy atom. The third kappa shape index (κ3) is 3.39. The zero-order chi connectivity index (χ0) is 16.3. The number of benzene rings is 1. The molecule has 2 N–H and O–H groups in total. The Bertz CT molecular complexity index is 746. The van der Waals surface area contributed by atoms with Gasteiger partial charge in [0.1, 0.15) is 0 Å². The lowest BCUT2D eigenvalue weighted by Crippen LogP contribution is -2.18. The molecule has 0 saturated heterocycles. The van der Waals surface area contributed by atoms with E-state index in [1.807, 2.05) is 13.2 Å². The second kappa shape index (κ2) is 7.07. The summed E-state index contributed by atoms with van der Waals surface area (Å²) in [5, 5.41) is 10.6. The molecular weight excluding hydrogens is 324 g/mol. The standard InChI is InChI=1S/C15H17ClN2O3S/c1-4-11-9(14(20)18-15(17-11)22-3)5-8-6-10(16)13(19)12(7-8)21-2/h6-7,19H,4-5H2,1-3H3,(H,17,18,20). The van der Waals surface area contributed by atoms with Crippen molar-refractivity contribution in [2.45, 2.75) is 24.9 Å². The lowest BCUT2D eigenvalue weighted by molar-refractivity contribution is 0.373. The van der Waals surface area contributed by atoms with E-state index in [0.717, 1.165) is 11.3 Å². The van der Waals surface area contributed by atoms with Crippen LogP contribution < -0.4 is 10.3 Å². The van der Waals surface area contributed by atoms with Crippen LogP contribution in [0.1, 0.15) is 23.7 Å². The van der Waals surface area contributed by atoms with Gasteiger partial charge in [-0.2, -0.15) is 0 Å². The van der Waals surface area contributed by atoms with Gasteiger partial charge in [0.15, 0.2) is 16.7 Å². The number of phenols is 1. The molecule has 2 rings (SSSR count). The van der Waals surface area contributed by atoms with Gasteiger partial charge in [0.05, 0.1) is 17.8 Å². The zero-order valence-electron chi connectivity index (χ0n) is 12.6. The number of halogens is 1. The van der Waals surface area contributed by atoms with Gasteiger partial charge in [-0.25, -0.2) is 4.98 Å². The van der Waals surface area contributed by atoms with Gasteiger partial charge in [0.25, 0.3) is 5.56 Å². The predicted octanol–water partition coefficient (Wildman–Crippen LogP) is 3.01. The minimum atomic E-state index is -0.153. The fourth-order valence-electron chi connectivity index (χ4n) is 2.18. The van der Waals surface area contributed by atoms with E-state index >= 15 is 0 Å². The number of hydrogen-bond donors (Lipinski definition) is 2. The fraction of sp³-hybridized carbons (Fsp3) is 0.333.